The van der Waals surface area contributed by atoms with Crippen molar-refractivity contribution in [2.24, 2.45) is 5.10 Å². The van der Waals surface area contributed by atoms with Gasteiger partial charge in [-0.2, -0.15) is 5.10 Å². The smallest absolute Gasteiger partial charge is 0.0880 e. The number of hydrogen-bond acceptors (Lipinski definition) is 3. The number of aliphatic hydroxyl groups is 1. The van der Waals surface area contributed by atoms with E-state index in [-0.39, 0.29) is 0 Å². The Labute approximate surface area is 49.6 Å². The van der Waals surface area contributed by atoms with Crippen LogP contribution in [-0.2, 0) is 0 Å². The second-order valence-corrected chi connectivity index (χ2v) is 1.85. The molecule has 3 heteroatoms. The predicted molar refractivity (Wildman–Crippen MR) is 33.9 cm³/mol. The molecule has 1 atom stereocenters. The van der Waals surface area contributed by atoms with Gasteiger partial charge >= 0.3 is 0 Å². The number of hydrogen-bond donors (Lipinski definition) is 1. The molecule has 0 aromatic carbocycles. The van der Waals surface area contributed by atoms with Crippen LogP contribution >= 0.6 is 0 Å². The Hall–Kier alpha value is -0.570. The van der Waals surface area contributed by atoms with Gasteiger partial charge in [-0.3, -0.25) is 0 Å². The highest BCUT2D eigenvalue weighted by atomic mass is 16.3. The number of aliphatic hydroxyl groups excluding tert-OH is 1. The lowest BCUT2D eigenvalue weighted by Crippen LogP contribution is -2.07. The van der Waals surface area contributed by atoms with Gasteiger partial charge in [-0.25, -0.2) is 0 Å². The van der Waals surface area contributed by atoms with Crippen LogP contribution in [0.25, 0.3) is 0 Å². The van der Waals surface area contributed by atoms with E-state index in [1.165, 1.54) is 6.21 Å². The minimum atomic E-state index is -0.447. The summed E-state index contributed by atoms with van der Waals surface area (Å²) in [5, 5.41) is 14.0. The van der Waals surface area contributed by atoms with Gasteiger partial charge in [-0.05, 0) is 6.92 Å². The first-order chi connectivity index (χ1) is 3.63. The average Bonchev–Trinajstić information content (AvgIpc) is 1.61. The summed E-state index contributed by atoms with van der Waals surface area (Å²) in [7, 11) is 3.61. The molecule has 8 heavy (non-hydrogen) atoms. The van der Waals surface area contributed by atoms with Gasteiger partial charge in [-0.1, -0.05) is 0 Å². The molecule has 0 fully saturated rings. The third-order valence-corrected chi connectivity index (χ3v) is 0.513. The van der Waals surface area contributed by atoms with Gasteiger partial charge in [0.1, 0.15) is 0 Å². The fraction of sp³-hybridized carbons (Fsp3) is 0.800. The molecule has 0 heterocycles. The summed E-state index contributed by atoms with van der Waals surface area (Å²) in [6.45, 7) is 1.66. The van der Waals surface area contributed by atoms with Gasteiger partial charge in [0.05, 0.1) is 12.3 Å². The Morgan fingerprint density at radius 3 is 2.25 bits per heavy atom. The van der Waals surface area contributed by atoms with Crippen molar-refractivity contribution in [3.8, 4) is 0 Å². The molecule has 0 aliphatic heterocycles. The first-order valence-corrected chi connectivity index (χ1v) is 2.52. The fourth-order valence-corrected chi connectivity index (χ4v) is 0.230. The molecule has 1 N–H and O–H groups in total. The molecular weight excluding hydrogens is 104 g/mol. The van der Waals surface area contributed by atoms with E-state index in [1.807, 2.05) is 0 Å². The van der Waals surface area contributed by atoms with E-state index in [1.54, 1.807) is 26.0 Å². The topological polar surface area (TPSA) is 35.8 Å². The van der Waals surface area contributed by atoms with E-state index in [0.717, 1.165) is 0 Å². The van der Waals surface area contributed by atoms with Crippen LogP contribution in [0.4, 0.5) is 0 Å². The zero-order valence-electron chi connectivity index (χ0n) is 5.50. The molecule has 0 aromatic rings. The van der Waals surface area contributed by atoms with Crippen LogP contribution in [0.5, 0.6) is 0 Å². The molecule has 0 saturated carbocycles. The van der Waals surface area contributed by atoms with Crippen LogP contribution in [0.3, 0.4) is 0 Å². The lowest BCUT2D eigenvalue weighted by atomic mass is 10.5. The number of rotatable bonds is 2. The van der Waals surface area contributed by atoms with E-state index in [9.17, 15) is 0 Å². The van der Waals surface area contributed by atoms with Crippen LogP contribution in [-0.4, -0.2) is 36.5 Å². The fourth-order valence-electron chi connectivity index (χ4n) is 0.230. The predicted octanol–water partition coefficient (Wildman–Crippen LogP) is -0.0854. The molecule has 0 bridgehead atoms. The third kappa shape index (κ3) is 5.43. The summed E-state index contributed by atoms with van der Waals surface area (Å²) < 4.78 is 0. The van der Waals surface area contributed by atoms with Crippen molar-refractivity contribution in [3.63, 3.8) is 0 Å². The zero-order valence-corrected chi connectivity index (χ0v) is 5.50. The molecule has 48 valence electrons. The van der Waals surface area contributed by atoms with E-state index in [2.05, 4.69) is 5.10 Å². The summed E-state index contributed by atoms with van der Waals surface area (Å²) in [6.07, 6.45) is 1.03. The minimum Gasteiger partial charge on any atom is -0.388 e. The second kappa shape index (κ2) is 3.43. The van der Waals surface area contributed by atoms with Gasteiger partial charge in [-0.15, -0.1) is 0 Å². The molecule has 0 saturated heterocycles. The molecule has 1 unspecified atom stereocenters. The van der Waals surface area contributed by atoms with Crippen LogP contribution in [0.1, 0.15) is 6.92 Å². The quantitative estimate of drug-likeness (QED) is 0.404. The van der Waals surface area contributed by atoms with Crippen LogP contribution in [0.15, 0.2) is 5.10 Å². The Morgan fingerprint density at radius 1 is 1.62 bits per heavy atom. The van der Waals surface area contributed by atoms with Crippen molar-refractivity contribution in [2.75, 3.05) is 14.1 Å². The first kappa shape index (κ1) is 7.43. The van der Waals surface area contributed by atoms with Crippen molar-refractivity contribution >= 4 is 6.21 Å². The zero-order chi connectivity index (χ0) is 6.57. The second-order valence-electron chi connectivity index (χ2n) is 1.85. The van der Waals surface area contributed by atoms with Gasteiger partial charge in [0.2, 0.25) is 0 Å². The highest BCUT2D eigenvalue weighted by Gasteiger charge is 1.84. The summed E-state index contributed by atoms with van der Waals surface area (Å²) in [5.74, 6) is 0. The van der Waals surface area contributed by atoms with Crippen LogP contribution in [0, 0.1) is 0 Å². The lowest BCUT2D eigenvalue weighted by Gasteiger charge is -2.02. The maximum absolute atomic E-state index is 8.63. The van der Waals surface area contributed by atoms with E-state index in [0.29, 0.717) is 0 Å². The molecule has 0 aliphatic rings. The monoisotopic (exact) mass is 116 g/mol. The molecule has 0 aliphatic carbocycles. The van der Waals surface area contributed by atoms with E-state index < -0.39 is 6.10 Å². The van der Waals surface area contributed by atoms with Gasteiger partial charge in [0, 0.05) is 14.1 Å². The summed E-state index contributed by atoms with van der Waals surface area (Å²) in [6, 6.07) is 0. The van der Waals surface area contributed by atoms with E-state index >= 15 is 0 Å². The lowest BCUT2D eigenvalue weighted by molar-refractivity contribution is 0.263. The number of nitrogens with zero attached hydrogens (tertiary/aromatic N) is 2. The molecule has 3 nitrogen and oxygen atoms in total. The third-order valence-electron chi connectivity index (χ3n) is 0.513. The molecule has 0 radical (unpaired) electrons. The Morgan fingerprint density at radius 2 is 2.12 bits per heavy atom. The normalized spacial score (nSPS) is 14.5. The molecule has 0 aromatic heterocycles. The van der Waals surface area contributed by atoms with Gasteiger partial charge in [0.25, 0.3) is 0 Å². The van der Waals surface area contributed by atoms with Crippen LogP contribution in [0.2, 0.25) is 0 Å². The summed E-state index contributed by atoms with van der Waals surface area (Å²) >= 11 is 0. The Bertz CT molecular complexity index is 68.5. The molecule has 0 amide bonds. The highest BCUT2D eigenvalue weighted by molar-refractivity contribution is 5.61. The van der Waals surface area contributed by atoms with Gasteiger partial charge in [0.15, 0.2) is 0 Å². The van der Waals surface area contributed by atoms with Crippen molar-refractivity contribution in [2.45, 2.75) is 13.0 Å². The summed E-state index contributed by atoms with van der Waals surface area (Å²) in [4.78, 5) is 0. The number of hydrazone groups is 1. The Balaban J connectivity index is 3.34. The molecule has 0 spiro atoms. The van der Waals surface area contributed by atoms with Crippen molar-refractivity contribution in [1.82, 2.24) is 5.01 Å². The molecular formula is C5H12N2O. The van der Waals surface area contributed by atoms with Crippen molar-refractivity contribution in [3.05, 3.63) is 0 Å². The largest absolute Gasteiger partial charge is 0.388 e. The standard InChI is InChI=1S/C5H12N2O/c1-5(8)4-6-7(2)3/h4-5,8H,1-3H3. The van der Waals surface area contributed by atoms with E-state index in [4.69, 9.17) is 5.11 Å². The van der Waals surface area contributed by atoms with Gasteiger partial charge < -0.3 is 10.1 Å². The maximum atomic E-state index is 8.63. The molecule has 0 rings (SSSR count). The van der Waals surface area contributed by atoms with Crippen molar-refractivity contribution in [1.29, 1.82) is 0 Å². The first-order valence-electron chi connectivity index (χ1n) is 2.52. The SMILES string of the molecule is CC(O)C=NN(C)C. The maximum Gasteiger partial charge on any atom is 0.0880 e. The average molecular weight is 116 g/mol. The Kier molecular flexibility index (Phi) is 3.19. The van der Waals surface area contributed by atoms with Crippen molar-refractivity contribution < 1.29 is 5.11 Å². The summed E-state index contributed by atoms with van der Waals surface area (Å²) in [5.41, 5.74) is 0. The minimum absolute atomic E-state index is 0.447. The van der Waals surface area contributed by atoms with Crippen LogP contribution < -0.4 is 0 Å². The highest BCUT2D eigenvalue weighted by Crippen LogP contribution is 1.75.